The first-order chi connectivity index (χ1) is 10.2. The molecule has 1 aliphatic rings. The average molecular weight is 316 g/mol. The molecule has 1 aromatic rings. The van der Waals surface area contributed by atoms with Crippen LogP contribution >= 0.6 is 0 Å². The maximum absolute atomic E-state index is 13.0. The Morgan fingerprint density at radius 3 is 2.36 bits per heavy atom. The second-order valence-corrected chi connectivity index (χ2v) is 6.11. The first-order valence-corrected chi connectivity index (χ1v) is 7.07. The largest absolute Gasteiger partial charge is 0.390 e. The summed E-state index contributed by atoms with van der Waals surface area (Å²) in [7, 11) is 0. The first kappa shape index (κ1) is 16.6. The van der Waals surface area contributed by atoms with Crippen LogP contribution in [0.2, 0.25) is 0 Å². The summed E-state index contributed by atoms with van der Waals surface area (Å²) < 4.78 is 38.9. The zero-order valence-corrected chi connectivity index (χ0v) is 12.5. The Labute approximate surface area is 126 Å². The summed E-state index contributed by atoms with van der Waals surface area (Å²) >= 11 is 0. The lowest BCUT2D eigenvalue weighted by Crippen LogP contribution is -2.59. The van der Waals surface area contributed by atoms with Crippen molar-refractivity contribution >= 4 is 6.03 Å². The molecule has 7 heteroatoms. The van der Waals surface area contributed by atoms with Gasteiger partial charge in [-0.2, -0.15) is 0 Å². The highest BCUT2D eigenvalue weighted by atomic mass is 19.2. The van der Waals surface area contributed by atoms with Gasteiger partial charge >= 0.3 is 6.03 Å². The molecular formula is C15H19F3N2O2. The molecule has 1 aromatic carbocycles. The number of urea groups is 1. The number of aliphatic hydroxyl groups is 1. The molecule has 0 aromatic heterocycles. The fourth-order valence-corrected chi connectivity index (χ4v) is 2.27. The number of halogens is 3. The smallest absolute Gasteiger partial charge is 0.317 e. The van der Waals surface area contributed by atoms with Crippen LogP contribution < -0.4 is 5.32 Å². The molecule has 4 nitrogen and oxygen atoms in total. The van der Waals surface area contributed by atoms with Crippen molar-refractivity contribution in [1.82, 2.24) is 10.2 Å². The van der Waals surface area contributed by atoms with Crippen LogP contribution in [0.1, 0.15) is 19.4 Å². The van der Waals surface area contributed by atoms with Crippen molar-refractivity contribution in [2.24, 2.45) is 5.92 Å². The van der Waals surface area contributed by atoms with Crippen LogP contribution in [0.3, 0.4) is 0 Å². The van der Waals surface area contributed by atoms with Crippen LogP contribution in [-0.2, 0) is 6.42 Å². The minimum absolute atomic E-state index is 0.0403. The molecular weight excluding hydrogens is 297 g/mol. The SMILES string of the molecule is CC(C)(O)C1CN(C(=O)NCCc2cc(F)c(F)c(F)c2)C1. The van der Waals surface area contributed by atoms with E-state index in [0.29, 0.717) is 13.1 Å². The molecule has 122 valence electrons. The van der Waals surface area contributed by atoms with Crippen molar-refractivity contribution in [3.05, 3.63) is 35.1 Å². The highest BCUT2D eigenvalue weighted by Crippen LogP contribution is 2.26. The standard InChI is InChI=1S/C15H19F3N2O2/c1-15(2,22)10-7-20(8-10)14(21)19-4-3-9-5-11(16)13(18)12(17)6-9/h5-6,10,22H,3-4,7-8H2,1-2H3,(H,19,21). The third-order valence-corrected chi connectivity index (χ3v) is 3.90. The molecule has 1 saturated heterocycles. The molecule has 2 amide bonds. The van der Waals surface area contributed by atoms with E-state index in [1.807, 2.05) is 0 Å². The number of carbonyl (C=O) groups is 1. The van der Waals surface area contributed by atoms with Gasteiger partial charge in [0.2, 0.25) is 0 Å². The Hall–Kier alpha value is -1.76. The quantitative estimate of drug-likeness (QED) is 0.836. The molecule has 1 aliphatic heterocycles. The van der Waals surface area contributed by atoms with E-state index in [0.717, 1.165) is 12.1 Å². The zero-order chi connectivity index (χ0) is 16.5. The zero-order valence-electron chi connectivity index (χ0n) is 12.5. The molecule has 22 heavy (non-hydrogen) atoms. The van der Waals surface area contributed by atoms with Crippen LogP contribution in [0.4, 0.5) is 18.0 Å². The van der Waals surface area contributed by atoms with E-state index < -0.39 is 23.1 Å². The van der Waals surface area contributed by atoms with E-state index in [4.69, 9.17) is 0 Å². The Bertz CT molecular complexity index is 543. The Morgan fingerprint density at radius 1 is 1.32 bits per heavy atom. The predicted octanol–water partition coefficient (Wildman–Crippen LogP) is 2.06. The van der Waals surface area contributed by atoms with Gasteiger partial charge in [-0.1, -0.05) is 0 Å². The van der Waals surface area contributed by atoms with Crippen LogP contribution in [0.5, 0.6) is 0 Å². The molecule has 1 heterocycles. The number of hydrogen-bond donors (Lipinski definition) is 2. The predicted molar refractivity (Wildman–Crippen MR) is 74.8 cm³/mol. The van der Waals surface area contributed by atoms with Crippen molar-refractivity contribution in [2.45, 2.75) is 25.9 Å². The lowest BCUT2D eigenvalue weighted by atomic mass is 9.85. The van der Waals surface area contributed by atoms with Gasteiger partial charge < -0.3 is 15.3 Å². The highest BCUT2D eigenvalue weighted by Gasteiger charge is 2.39. The number of nitrogens with one attached hydrogen (secondary N) is 1. The summed E-state index contributed by atoms with van der Waals surface area (Å²) in [6, 6.07) is 1.54. The number of nitrogens with zero attached hydrogens (tertiary/aromatic N) is 1. The third-order valence-electron chi connectivity index (χ3n) is 3.90. The van der Waals surface area contributed by atoms with Crippen LogP contribution in [0, 0.1) is 23.4 Å². The molecule has 0 atom stereocenters. The summed E-state index contributed by atoms with van der Waals surface area (Å²) in [5.41, 5.74) is -0.547. The molecule has 0 aliphatic carbocycles. The molecule has 0 saturated carbocycles. The van der Waals surface area contributed by atoms with Gasteiger partial charge in [-0.3, -0.25) is 0 Å². The second-order valence-electron chi connectivity index (χ2n) is 6.11. The molecule has 0 bridgehead atoms. The monoisotopic (exact) mass is 316 g/mol. The molecule has 1 fully saturated rings. The Balaban J connectivity index is 1.77. The van der Waals surface area contributed by atoms with Gasteiger partial charge in [-0.25, -0.2) is 18.0 Å². The summed E-state index contributed by atoms with van der Waals surface area (Å²) in [6.07, 6.45) is 0.197. The maximum atomic E-state index is 13.0. The molecule has 0 unspecified atom stereocenters. The van der Waals surface area contributed by atoms with Crippen molar-refractivity contribution in [1.29, 1.82) is 0 Å². The van der Waals surface area contributed by atoms with Gasteiger partial charge in [0.15, 0.2) is 17.5 Å². The van der Waals surface area contributed by atoms with E-state index in [1.165, 1.54) is 0 Å². The van der Waals surface area contributed by atoms with Gasteiger partial charge in [0, 0.05) is 25.6 Å². The van der Waals surface area contributed by atoms with Crippen LogP contribution in [0.25, 0.3) is 0 Å². The van der Waals surface area contributed by atoms with Gasteiger partial charge in [-0.05, 0) is 38.0 Å². The van der Waals surface area contributed by atoms with Gasteiger partial charge in [0.25, 0.3) is 0 Å². The number of amides is 2. The number of carbonyl (C=O) groups excluding carboxylic acids is 1. The fourth-order valence-electron chi connectivity index (χ4n) is 2.27. The summed E-state index contributed by atoms with van der Waals surface area (Å²) in [5, 5.41) is 12.4. The minimum atomic E-state index is -1.49. The summed E-state index contributed by atoms with van der Waals surface area (Å²) in [4.78, 5) is 13.4. The first-order valence-electron chi connectivity index (χ1n) is 7.07. The topological polar surface area (TPSA) is 52.6 Å². The van der Waals surface area contributed by atoms with Crippen molar-refractivity contribution in [3.63, 3.8) is 0 Å². The lowest BCUT2D eigenvalue weighted by molar-refractivity contribution is -0.0457. The second kappa shape index (κ2) is 6.16. The molecule has 2 rings (SSSR count). The van der Waals surface area contributed by atoms with E-state index >= 15 is 0 Å². The normalized spacial score (nSPS) is 15.6. The summed E-state index contributed by atoms with van der Waals surface area (Å²) in [6.45, 7) is 4.52. The number of hydrogen-bond acceptors (Lipinski definition) is 2. The summed E-state index contributed by atoms with van der Waals surface area (Å²) in [5.74, 6) is -3.93. The van der Waals surface area contributed by atoms with Crippen molar-refractivity contribution in [2.75, 3.05) is 19.6 Å². The van der Waals surface area contributed by atoms with Gasteiger partial charge in [-0.15, -0.1) is 0 Å². The van der Waals surface area contributed by atoms with E-state index in [1.54, 1.807) is 18.7 Å². The maximum Gasteiger partial charge on any atom is 0.317 e. The minimum Gasteiger partial charge on any atom is -0.390 e. The van der Waals surface area contributed by atoms with Crippen LogP contribution in [0.15, 0.2) is 12.1 Å². The molecule has 0 spiro atoms. The van der Waals surface area contributed by atoms with Gasteiger partial charge in [0.05, 0.1) is 5.60 Å². The van der Waals surface area contributed by atoms with E-state index in [2.05, 4.69) is 5.32 Å². The Kier molecular flexibility index (Phi) is 4.65. The Morgan fingerprint density at radius 2 is 1.86 bits per heavy atom. The van der Waals surface area contributed by atoms with Crippen molar-refractivity contribution < 1.29 is 23.1 Å². The average Bonchev–Trinajstić information content (AvgIpc) is 2.32. The van der Waals surface area contributed by atoms with Crippen molar-refractivity contribution in [3.8, 4) is 0 Å². The number of rotatable bonds is 4. The fraction of sp³-hybridized carbons (Fsp3) is 0.533. The molecule has 2 N–H and O–H groups in total. The van der Waals surface area contributed by atoms with Gasteiger partial charge in [0.1, 0.15) is 0 Å². The van der Waals surface area contributed by atoms with E-state index in [-0.39, 0.29) is 30.5 Å². The molecule has 0 radical (unpaired) electrons. The highest BCUT2D eigenvalue weighted by molar-refractivity contribution is 5.75. The van der Waals surface area contributed by atoms with E-state index in [9.17, 15) is 23.1 Å². The van der Waals surface area contributed by atoms with Crippen LogP contribution in [-0.4, -0.2) is 41.3 Å². The lowest BCUT2D eigenvalue weighted by Gasteiger charge is -2.45. The third kappa shape index (κ3) is 3.71. The number of likely N-dealkylation sites (tertiary alicyclic amines) is 1. The number of benzene rings is 1.